The molecule has 0 spiro atoms. The summed E-state index contributed by atoms with van der Waals surface area (Å²) in [5, 5.41) is 2.73. The minimum absolute atomic E-state index is 1.06. The molecule has 3 rings (SSSR count). The first kappa shape index (κ1) is 11.7. The normalized spacial score (nSPS) is 11.5. The van der Waals surface area contributed by atoms with Crippen molar-refractivity contribution in [1.29, 1.82) is 0 Å². The van der Waals surface area contributed by atoms with Crippen molar-refractivity contribution in [2.75, 3.05) is 0 Å². The fourth-order valence-corrected chi connectivity index (χ4v) is 4.79. The van der Waals surface area contributed by atoms with Crippen molar-refractivity contribution < 1.29 is 0 Å². The molecule has 0 amide bonds. The maximum atomic E-state index is 3.65. The van der Waals surface area contributed by atoms with Crippen LogP contribution in [0.4, 0.5) is 0 Å². The Hall–Kier alpha value is -0.380. The Kier molecular flexibility index (Phi) is 3.01. The van der Waals surface area contributed by atoms with E-state index in [0.29, 0.717) is 0 Å². The average molecular weight is 370 g/mol. The lowest BCUT2D eigenvalue weighted by atomic mass is 10.1. The monoisotopic (exact) mass is 368 g/mol. The average Bonchev–Trinajstić information content (AvgIpc) is 2.66. The van der Waals surface area contributed by atoms with Crippen molar-refractivity contribution in [3.8, 4) is 0 Å². The maximum Gasteiger partial charge on any atom is 0.0398 e. The zero-order chi connectivity index (χ0) is 12.0. The van der Waals surface area contributed by atoms with E-state index >= 15 is 0 Å². The van der Waals surface area contributed by atoms with E-state index in [1.54, 1.807) is 0 Å². The minimum atomic E-state index is 1.06. The van der Waals surface area contributed by atoms with Crippen molar-refractivity contribution in [1.82, 2.24) is 0 Å². The van der Waals surface area contributed by atoms with Crippen LogP contribution < -0.4 is 0 Å². The van der Waals surface area contributed by atoms with Crippen LogP contribution in [0.2, 0.25) is 0 Å². The van der Waals surface area contributed by atoms with Crippen molar-refractivity contribution in [2.45, 2.75) is 13.3 Å². The van der Waals surface area contributed by atoms with Gasteiger partial charge in [-0.3, -0.25) is 0 Å². The van der Waals surface area contributed by atoms with Gasteiger partial charge in [0.2, 0.25) is 0 Å². The van der Waals surface area contributed by atoms with Gasteiger partial charge in [0.05, 0.1) is 0 Å². The zero-order valence-corrected chi connectivity index (χ0v) is 13.2. The molecule has 0 bridgehead atoms. The standard InChI is InChI=1S/C14H10Br2S/c1-2-9-12(16)6-5-11-10-4-3-8(15)7-13(10)17-14(9)11/h3-7H,2H2,1H3. The molecule has 3 aromatic rings. The zero-order valence-electron chi connectivity index (χ0n) is 9.26. The molecule has 0 nitrogen and oxygen atoms in total. The first-order valence-corrected chi connectivity index (χ1v) is 7.90. The van der Waals surface area contributed by atoms with Crippen molar-refractivity contribution in [3.05, 3.63) is 44.8 Å². The van der Waals surface area contributed by atoms with Gasteiger partial charge >= 0.3 is 0 Å². The van der Waals surface area contributed by atoms with E-state index in [1.807, 2.05) is 11.3 Å². The molecule has 0 fully saturated rings. The Morgan fingerprint density at radius 1 is 1.06 bits per heavy atom. The van der Waals surface area contributed by atoms with Gasteiger partial charge in [-0.05, 0) is 30.2 Å². The number of halogens is 2. The largest absolute Gasteiger partial charge is 0.135 e. The second-order valence-electron chi connectivity index (χ2n) is 4.00. The molecule has 3 heteroatoms. The van der Waals surface area contributed by atoms with Crippen molar-refractivity contribution in [2.24, 2.45) is 0 Å². The van der Waals surface area contributed by atoms with E-state index in [9.17, 15) is 0 Å². The quantitative estimate of drug-likeness (QED) is 0.483. The second-order valence-corrected chi connectivity index (χ2v) is 6.82. The lowest BCUT2D eigenvalue weighted by Crippen LogP contribution is -1.81. The summed E-state index contributed by atoms with van der Waals surface area (Å²) in [6.45, 7) is 2.21. The third-order valence-electron chi connectivity index (χ3n) is 3.00. The fraction of sp³-hybridized carbons (Fsp3) is 0.143. The third kappa shape index (κ3) is 1.85. The molecule has 0 saturated heterocycles. The van der Waals surface area contributed by atoms with Crippen LogP contribution in [0.15, 0.2) is 39.3 Å². The maximum absolute atomic E-state index is 3.65. The smallest absolute Gasteiger partial charge is 0.0398 e. The van der Waals surface area contributed by atoms with Gasteiger partial charge in [0.1, 0.15) is 0 Å². The second kappa shape index (κ2) is 4.38. The molecule has 2 aromatic carbocycles. The topological polar surface area (TPSA) is 0 Å². The summed E-state index contributed by atoms with van der Waals surface area (Å²) in [6.07, 6.45) is 1.06. The minimum Gasteiger partial charge on any atom is -0.135 e. The molecule has 0 N–H and O–H groups in total. The Morgan fingerprint density at radius 2 is 1.82 bits per heavy atom. The molecule has 0 aliphatic rings. The summed E-state index contributed by atoms with van der Waals surface area (Å²) in [7, 11) is 0. The molecule has 1 aromatic heterocycles. The highest BCUT2D eigenvalue weighted by molar-refractivity contribution is 9.10. The number of aryl methyl sites for hydroxylation is 1. The molecular weight excluding hydrogens is 360 g/mol. The predicted octanol–water partition coefficient (Wildman–Crippen LogP) is 6.14. The highest BCUT2D eigenvalue weighted by Crippen LogP contribution is 2.39. The fourth-order valence-electron chi connectivity index (χ4n) is 2.17. The molecule has 0 unspecified atom stereocenters. The van der Waals surface area contributed by atoms with Gasteiger partial charge in [0.25, 0.3) is 0 Å². The van der Waals surface area contributed by atoms with Gasteiger partial charge in [-0.15, -0.1) is 11.3 Å². The predicted molar refractivity (Wildman–Crippen MR) is 84.1 cm³/mol. The molecule has 0 aliphatic heterocycles. The van der Waals surface area contributed by atoms with Crippen molar-refractivity contribution >= 4 is 63.4 Å². The third-order valence-corrected chi connectivity index (χ3v) is 5.47. The summed E-state index contributed by atoms with van der Waals surface area (Å²) >= 11 is 9.07. The Morgan fingerprint density at radius 3 is 2.59 bits per heavy atom. The summed E-state index contributed by atoms with van der Waals surface area (Å²) in [5.74, 6) is 0. The Balaban J connectivity index is 2.50. The first-order chi connectivity index (χ1) is 8.20. The van der Waals surface area contributed by atoms with Gasteiger partial charge in [-0.2, -0.15) is 0 Å². The number of hydrogen-bond acceptors (Lipinski definition) is 1. The van der Waals surface area contributed by atoms with Crippen LogP contribution in [0.25, 0.3) is 20.2 Å². The first-order valence-electron chi connectivity index (χ1n) is 5.50. The Labute approximate surface area is 121 Å². The van der Waals surface area contributed by atoms with Gasteiger partial charge in [-0.1, -0.05) is 50.9 Å². The van der Waals surface area contributed by atoms with Crippen LogP contribution in [0.5, 0.6) is 0 Å². The van der Waals surface area contributed by atoms with E-state index in [2.05, 4.69) is 69.1 Å². The number of hydrogen-bond donors (Lipinski definition) is 0. The molecule has 0 atom stereocenters. The summed E-state index contributed by atoms with van der Waals surface area (Å²) in [5.41, 5.74) is 1.42. The summed E-state index contributed by atoms with van der Waals surface area (Å²) < 4.78 is 5.13. The molecule has 0 aliphatic carbocycles. The van der Waals surface area contributed by atoms with Crippen LogP contribution in [0.3, 0.4) is 0 Å². The van der Waals surface area contributed by atoms with Crippen LogP contribution in [-0.2, 0) is 6.42 Å². The van der Waals surface area contributed by atoms with E-state index < -0.39 is 0 Å². The van der Waals surface area contributed by atoms with Crippen molar-refractivity contribution in [3.63, 3.8) is 0 Å². The van der Waals surface area contributed by atoms with E-state index in [1.165, 1.54) is 30.2 Å². The molecule has 86 valence electrons. The van der Waals surface area contributed by atoms with Gasteiger partial charge < -0.3 is 0 Å². The molecule has 0 saturated carbocycles. The number of rotatable bonds is 1. The van der Waals surface area contributed by atoms with Crippen LogP contribution in [0.1, 0.15) is 12.5 Å². The summed E-state index contributed by atoms with van der Waals surface area (Å²) in [6, 6.07) is 10.9. The van der Waals surface area contributed by atoms with Gasteiger partial charge in [0.15, 0.2) is 0 Å². The number of fused-ring (bicyclic) bond motifs is 3. The van der Waals surface area contributed by atoms with E-state index in [0.717, 1.165) is 10.9 Å². The van der Waals surface area contributed by atoms with Gasteiger partial charge in [0, 0.05) is 29.1 Å². The number of benzene rings is 2. The molecular formula is C14H10Br2S. The highest BCUT2D eigenvalue weighted by atomic mass is 79.9. The molecule has 1 heterocycles. The van der Waals surface area contributed by atoms with E-state index in [-0.39, 0.29) is 0 Å². The highest BCUT2D eigenvalue weighted by Gasteiger charge is 2.10. The van der Waals surface area contributed by atoms with Crippen LogP contribution in [0, 0.1) is 0 Å². The lowest BCUT2D eigenvalue weighted by molar-refractivity contribution is 1.15. The van der Waals surface area contributed by atoms with E-state index in [4.69, 9.17) is 0 Å². The van der Waals surface area contributed by atoms with Gasteiger partial charge in [-0.25, -0.2) is 0 Å². The SMILES string of the molecule is CCc1c(Br)ccc2c1sc1cc(Br)ccc12. The molecule has 17 heavy (non-hydrogen) atoms. The van der Waals surface area contributed by atoms with Crippen LogP contribution >= 0.6 is 43.2 Å². The van der Waals surface area contributed by atoms with Crippen LogP contribution in [-0.4, -0.2) is 0 Å². The molecule has 0 radical (unpaired) electrons. The lowest BCUT2D eigenvalue weighted by Gasteiger charge is -2.02. The summed E-state index contributed by atoms with van der Waals surface area (Å²) in [4.78, 5) is 0. The Bertz CT molecular complexity index is 713. The number of thiophene rings is 1.